The van der Waals surface area contributed by atoms with E-state index in [-0.39, 0.29) is 33.4 Å². The molecule has 0 atom stereocenters. The number of rotatable bonds is 0. The Bertz CT molecular complexity index is 1150. The summed E-state index contributed by atoms with van der Waals surface area (Å²) >= 11 is 0. The average molecular weight is 310 g/mol. The van der Waals surface area contributed by atoms with Crippen LogP contribution in [0.3, 0.4) is 0 Å². The Hall–Kier alpha value is -3.76. The van der Waals surface area contributed by atoms with Crippen LogP contribution in [0.2, 0.25) is 0 Å². The largest absolute Gasteiger partial charge is 0.507 e. The molecule has 0 aliphatic carbocycles. The van der Waals surface area contributed by atoms with Gasteiger partial charge in [-0.15, -0.1) is 0 Å². The van der Waals surface area contributed by atoms with E-state index in [1.807, 2.05) is 0 Å². The summed E-state index contributed by atoms with van der Waals surface area (Å²) < 4.78 is 0. The van der Waals surface area contributed by atoms with Crippen molar-refractivity contribution in [2.24, 2.45) is 0 Å². The van der Waals surface area contributed by atoms with E-state index < -0.39 is 0 Å². The third-order valence-electron chi connectivity index (χ3n) is 4.35. The van der Waals surface area contributed by atoms with E-state index in [0.29, 0.717) is 21.5 Å². The number of aromatic hydroxyl groups is 2. The molecule has 0 amide bonds. The molecule has 4 heteroatoms. The highest BCUT2D eigenvalue weighted by molar-refractivity contribution is 6.20. The summed E-state index contributed by atoms with van der Waals surface area (Å²) in [6.45, 7) is 0. The lowest BCUT2D eigenvalue weighted by Gasteiger charge is -2.14. The quantitative estimate of drug-likeness (QED) is 0.474. The second kappa shape index (κ2) is 4.87. The third kappa shape index (κ3) is 1.60. The second-order valence-electron chi connectivity index (χ2n) is 5.51. The van der Waals surface area contributed by atoms with Crippen molar-refractivity contribution in [3.8, 4) is 23.6 Å². The van der Waals surface area contributed by atoms with Crippen molar-refractivity contribution in [3.63, 3.8) is 0 Å². The number of nitrogens with zero attached hydrogens (tertiary/aromatic N) is 2. The third-order valence-corrected chi connectivity index (χ3v) is 4.35. The fourth-order valence-corrected chi connectivity index (χ4v) is 3.31. The first-order valence-electron chi connectivity index (χ1n) is 7.30. The predicted octanol–water partition coefficient (Wildman–Crippen LogP) is 4.30. The molecule has 2 N–H and O–H groups in total. The zero-order valence-electron chi connectivity index (χ0n) is 12.4. The van der Waals surface area contributed by atoms with Crippen LogP contribution in [0.5, 0.6) is 11.5 Å². The predicted molar refractivity (Wildman–Crippen MR) is 91.7 cm³/mol. The normalized spacial score (nSPS) is 10.8. The minimum atomic E-state index is -0.0998. The summed E-state index contributed by atoms with van der Waals surface area (Å²) in [5, 5.41) is 43.3. The Balaban J connectivity index is 2.49. The molecule has 0 aliphatic rings. The van der Waals surface area contributed by atoms with Gasteiger partial charge in [-0.3, -0.25) is 0 Å². The molecule has 0 aliphatic heterocycles. The maximum Gasteiger partial charge on any atom is 0.132 e. The summed E-state index contributed by atoms with van der Waals surface area (Å²) in [4.78, 5) is 0. The van der Waals surface area contributed by atoms with Gasteiger partial charge in [0.05, 0.1) is 11.1 Å². The summed E-state index contributed by atoms with van der Waals surface area (Å²) in [6.07, 6.45) is 0. The van der Waals surface area contributed by atoms with E-state index in [1.54, 1.807) is 48.5 Å². The van der Waals surface area contributed by atoms with Gasteiger partial charge in [0.1, 0.15) is 23.6 Å². The Labute approximate surface area is 137 Å². The fraction of sp³-hybridized carbons (Fsp3) is 0. The van der Waals surface area contributed by atoms with Gasteiger partial charge < -0.3 is 10.2 Å². The van der Waals surface area contributed by atoms with E-state index in [0.717, 1.165) is 0 Å². The lowest BCUT2D eigenvalue weighted by atomic mass is 9.89. The number of hydrogen-bond donors (Lipinski definition) is 2. The molecule has 0 bridgehead atoms. The van der Waals surface area contributed by atoms with Crippen molar-refractivity contribution >= 4 is 32.3 Å². The van der Waals surface area contributed by atoms with E-state index in [2.05, 4.69) is 12.1 Å². The first kappa shape index (κ1) is 13.9. The molecule has 24 heavy (non-hydrogen) atoms. The second-order valence-corrected chi connectivity index (χ2v) is 5.51. The van der Waals surface area contributed by atoms with Crippen LogP contribution in [0.1, 0.15) is 11.1 Å². The monoisotopic (exact) mass is 310 g/mol. The summed E-state index contributed by atoms with van der Waals surface area (Å²) in [6, 6.07) is 18.1. The Morgan fingerprint density at radius 2 is 0.917 bits per heavy atom. The molecule has 0 saturated carbocycles. The summed E-state index contributed by atoms with van der Waals surface area (Å²) in [7, 11) is 0. The molecule has 4 aromatic rings. The van der Waals surface area contributed by atoms with Gasteiger partial charge in [0.15, 0.2) is 0 Å². The van der Waals surface area contributed by atoms with Crippen molar-refractivity contribution in [2.45, 2.75) is 0 Å². The van der Waals surface area contributed by atoms with E-state index >= 15 is 0 Å². The van der Waals surface area contributed by atoms with Gasteiger partial charge in [-0.05, 0) is 0 Å². The summed E-state index contributed by atoms with van der Waals surface area (Å²) in [5.41, 5.74) is 0.497. The molecule has 112 valence electrons. The molecule has 4 rings (SSSR count). The minimum absolute atomic E-state index is 0.0998. The topological polar surface area (TPSA) is 88.0 Å². The highest BCUT2D eigenvalue weighted by atomic mass is 16.3. The number of phenols is 2. The van der Waals surface area contributed by atoms with Crippen LogP contribution in [0.4, 0.5) is 0 Å². The number of phenolic OH excluding ortho intramolecular Hbond substituents is 2. The first-order chi connectivity index (χ1) is 11.7. The van der Waals surface area contributed by atoms with Crippen molar-refractivity contribution in [2.75, 3.05) is 0 Å². The van der Waals surface area contributed by atoms with Gasteiger partial charge >= 0.3 is 0 Å². The van der Waals surface area contributed by atoms with Crippen LogP contribution in [-0.4, -0.2) is 10.2 Å². The minimum Gasteiger partial charge on any atom is -0.507 e. The highest BCUT2D eigenvalue weighted by Crippen LogP contribution is 2.46. The first-order valence-corrected chi connectivity index (χ1v) is 7.30. The van der Waals surface area contributed by atoms with E-state index in [9.17, 15) is 20.7 Å². The zero-order chi connectivity index (χ0) is 16.8. The Kier molecular flexibility index (Phi) is 2.82. The number of benzene rings is 4. The van der Waals surface area contributed by atoms with Crippen LogP contribution in [0.15, 0.2) is 48.5 Å². The molecule has 0 radical (unpaired) electrons. The summed E-state index contributed by atoms with van der Waals surface area (Å²) in [5.74, 6) is -0.200. The molecule has 0 fully saturated rings. The van der Waals surface area contributed by atoms with E-state index in [1.165, 1.54) is 0 Å². The zero-order valence-corrected chi connectivity index (χ0v) is 12.4. The lowest BCUT2D eigenvalue weighted by molar-refractivity contribution is 0.482. The van der Waals surface area contributed by atoms with Gasteiger partial charge in [0.25, 0.3) is 0 Å². The highest BCUT2D eigenvalue weighted by Gasteiger charge is 2.22. The fourth-order valence-electron chi connectivity index (χ4n) is 3.31. The maximum absolute atomic E-state index is 10.8. The van der Waals surface area contributed by atoms with Crippen molar-refractivity contribution < 1.29 is 10.2 Å². The van der Waals surface area contributed by atoms with Crippen molar-refractivity contribution in [3.05, 3.63) is 59.7 Å². The van der Waals surface area contributed by atoms with Crippen molar-refractivity contribution in [1.29, 1.82) is 10.5 Å². The van der Waals surface area contributed by atoms with Crippen molar-refractivity contribution in [1.82, 2.24) is 0 Å². The van der Waals surface area contributed by atoms with Crippen LogP contribution in [0.25, 0.3) is 32.3 Å². The molecule has 4 aromatic carbocycles. The number of hydrogen-bond acceptors (Lipinski definition) is 4. The Morgan fingerprint density at radius 3 is 1.25 bits per heavy atom. The van der Waals surface area contributed by atoms with Gasteiger partial charge in [-0.2, -0.15) is 10.5 Å². The average Bonchev–Trinajstić information content (AvgIpc) is 2.63. The molecule has 4 nitrogen and oxygen atoms in total. The number of fused-ring (bicyclic) bond motifs is 3. The molecular weight excluding hydrogens is 300 g/mol. The molecular formula is C20H10N2O2. The van der Waals surface area contributed by atoms with Gasteiger partial charge in [-0.25, -0.2) is 0 Å². The van der Waals surface area contributed by atoms with Gasteiger partial charge in [-0.1, -0.05) is 48.5 Å². The van der Waals surface area contributed by atoms with Crippen LogP contribution in [0, 0.1) is 22.7 Å². The Morgan fingerprint density at radius 1 is 0.583 bits per heavy atom. The van der Waals surface area contributed by atoms with Gasteiger partial charge in [0, 0.05) is 32.3 Å². The smallest absolute Gasteiger partial charge is 0.132 e. The molecule has 0 aromatic heterocycles. The van der Waals surface area contributed by atoms with Crippen LogP contribution in [-0.2, 0) is 0 Å². The number of nitriles is 2. The van der Waals surface area contributed by atoms with E-state index in [4.69, 9.17) is 0 Å². The lowest BCUT2D eigenvalue weighted by Crippen LogP contribution is -1.92. The maximum atomic E-state index is 10.8. The molecule has 0 spiro atoms. The molecule has 0 saturated heterocycles. The standard InChI is InChI=1S/C20H10N2O2/c21-9-15-11-5-1-3-7-13(11)19(23)18-16(10-22)12-6-2-4-8-14(12)20(24)17(15)18/h1-8,23-24H. The molecule has 0 unspecified atom stereocenters. The van der Waals surface area contributed by atoms with Crippen LogP contribution < -0.4 is 0 Å². The van der Waals surface area contributed by atoms with Gasteiger partial charge in [0.2, 0.25) is 0 Å². The van der Waals surface area contributed by atoms with Crippen LogP contribution >= 0.6 is 0 Å². The molecule has 0 heterocycles. The SMILES string of the molecule is N#Cc1c2ccccc2c(O)c2c(C#N)c3ccccc3c(O)c12.